The first-order chi connectivity index (χ1) is 11.6. The summed E-state index contributed by atoms with van der Waals surface area (Å²) < 4.78 is 28.0. The van der Waals surface area contributed by atoms with Gasteiger partial charge >= 0.3 is 5.97 Å². The number of carboxylic acids is 1. The zero-order chi connectivity index (χ0) is 18.4. The van der Waals surface area contributed by atoms with E-state index in [4.69, 9.17) is 5.11 Å². The van der Waals surface area contributed by atoms with Crippen molar-refractivity contribution in [3.8, 4) is 0 Å². The summed E-state index contributed by atoms with van der Waals surface area (Å²) >= 11 is 1.51. The van der Waals surface area contributed by atoms with E-state index in [1.165, 1.54) is 15.6 Å². The summed E-state index contributed by atoms with van der Waals surface area (Å²) in [6, 6.07) is 5.02. The van der Waals surface area contributed by atoms with Gasteiger partial charge in [0.15, 0.2) is 0 Å². The fourth-order valence-corrected chi connectivity index (χ4v) is 5.51. The molecule has 0 unspecified atom stereocenters. The number of fused-ring (bicyclic) bond motifs is 1. The van der Waals surface area contributed by atoms with Gasteiger partial charge in [-0.25, -0.2) is 13.4 Å². The predicted molar refractivity (Wildman–Crippen MR) is 97.4 cm³/mol. The van der Waals surface area contributed by atoms with E-state index in [0.29, 0.717) is 12.8 Å². The molecule has 0 spiro atoms. The average Bonchev–Trinajstić information content (AvgIpc) is 2.98. The number of carbonyl (C=O) groups is 1. The lowest BCUT2D eigenvalue weighted by molar-refractivity contribution is -0.142. The third-order valence-electron chi connectivity index (χ3n) is 4.44. The minimum Gasteiger partial charge on any atom is -0.481 e. The quantitative estimate of drug-likeness (QED) is 0.881. The Morgan fingerprint density at radius 1 is 1.28 bits per heavy atom. The molecule has 1 N–H and O–H groups in total. The number of hydrogen-bond donors (Lipinski definition) is 1. The minimum atomic E-state index is -3.61. The van der Waals surface area contributed by atoms with Gasteiger partial charge in [-0.2, -0.15) is 4.31 Å². The number of thiazole rings is 1. The summed E-state index contributed by atoms with van der Waals surface area (Å²) in [5.41, 5.74) is 0.722. The molecule has 0 amide bonds. The number of nitrogens with zero attached hydrogens (tertiary/aromatic N) is 2. The Morgan fingerprint density at radius 3 is 2.48 bits per heavy atom. The van der Waals surface area contributed by atoms with Crippen molar-refractivity contribution < 1.29 is 18.3 Å². The Kier molecular flexibility index (Phi) is 4.63. The molecule has 0 saturated carbocycles. The van der Waals surface area contributed by atoms with Crippen LogP contribution in [0.2, 0.25) is 0 Å². The molecule has 6 nitrogen and oxygen atoms in total. The van der Waals surface area contributed by atoms with Crippen LogP contribution in [0.5, 0.6) is 0 Å². The highest BCUT2D eigenvalue weighted by molar-refractivity contribution is 7.89. The van der Waals surface area contributed by atoms with Crippen LogP contribution >= 0.6 is 11.3 Å². The summed E-state index contributed by atoms with van der Waals surface area (Å²) in [6.45, 7) is 6.72. The van der Waals surface area contributed by atoms with Crippen LogP contribution in [-0.2, 0) is 20.2 Å². The van der Waals surface area contributed by atoms with E-state index in [1.54, 1.807) is 18.2 Å². The largest absolute Gasteiger partial charge is 0.481 e. The van der Waals surface area contributed by atoms with Crippen molar-refractivity contribution in [1.29, 1.82) is 0 Å². The van der Waals surface area contributed by atoms with Crippen molar-refractivity contribution in [3.63, 3.8) is 0 Å². The van der Waals surface area contributed by atoms with E-state index in [-0.39, 0.29) is 23.4 Å². The molecule has 25 heavy (non-hydrogen) atoms. The normalized spacial score (nSPS) is 17.9. The lowest BCUT2D eigenvalue weighted by Crippen LogP contribution is -2.40. The first kappa shape index (κ1) is 18.3. The maximum Gasteiger partial charge on any atom is 0.306 e. The SMILES string of the molecule is CC(C)(C)c1nc2ccc(S(=O)(=O)N3CCC(C(=O)O)CC3)cc2s1. The van der Waals surface area contributed by atoms with Gasteiger partial charge in [0.2, 0.25) is 10.0 Å². The van der Waals surface area contributed by atoms with Gasteiger partial charge in [-0.1, -0.05) is 20.8 Å². The summed E-state index contributed by atoms with van der Waals surface area (Å²) in [7, 11) is -3.61. The molecule has 1 fully saturated rings. The molecule has 1 aromatic heterocycles. The third-order valence-corrected chi connectivity index (χ3v) is 7.78. The molecule has 2 aromatic rings. The number of carboxylic acid groups (broad SMARTS) is 1. The maximum absolute atomic E-state index is 12.9. The van der Waals surface area contributed by atoms with Gasteiger partial charge in [0, 0.05) is 18.5 Å². The van der Waals surface area contributed by atoms with Crippen molar-refractivity contribution in [2.75, 3.05) is 13.1 Å². The topological polar surface area (TPSA) is 87.6 Å². The molecule has 0 bridgehead atoms. The third kappa shape index (κ3) is 3.56. The number of rotatable bonds is 3. The molecule has 1 aromatic carbocycles. The second-order valence-electron chi connectivity index (χ2n) is 7.42. The Hall–Kier alpha value is -1.51. The van der Waals surface area contributed by atoms with Gasteiger partial charge in [0.05, 0.1) is 26.0 Å². The molecule has 1 aliphatic heterocycles. The zero-order valence-corrected chi connectivity index (χ0v) is 16.2. The van der Waals surface area contributed by atoms with Gasteiger partial charge in [0.25, 0.3) is 0 Å². The predicted octanol–water partition coefficient (Wildman–Crippen LogP) is 3.08. The van der Waals surface area contributed by atoms with Gasteiger partial charge in [-0.15, -0.1) is 11.3 Å². The Labute approximate surface area is 151 Å². The van der Waals surface area contributed by atoms with E-state index >= 15 is 0 Å². The monoisotopic (exact) mass is 382 g/mol. The van der Waals surface area contributed by atoms with Gasteiger partial charge in [-0.05, 0) is 31.0 Å². The fourth-order valence-electron chi connectivity index (χ4n) is 2.88. The van der Waals surface area contributed by atoms with Crippen LogP contribution in [0.1, 0.15) is 38.6 Å². The molecule has 0 aliphatic carbocycles. The number of sulfonamides is 1. The minimum absolute atomic E-state index is 0.0819. The van der Waals surface area contributed by atoms with Crippen molar-refractivity contribution in [1.82, 2.24) is 9.29 Å². The van der Waals surface area contributed by atoms with Crippen molar-refractivity contribution in [2.24, 2.45) is 5.92 Å². The average molecular weight is 383 g/mol. The smallest absolute Gasteiger partial charge is 0.306 e. The highest BCUT2D eigenvalue weighted by Crippen LogP contribution is 2.33. The number of hydrogen-bond acceptors (Lipinski definition) is 5. The molecular weight excluding hydrogens is 360 g/mol. The molecule has 8 heteroatoms. The van der Waals surface area contributed by atoms with Gasteiger partial charge < -0.3 is 5.11 Å². The molecule has 1 saturated heterocycles. The summed E-state index contributed by atoms with van der Waals surface area (Å²) in [4.78, 5) is 15.9. The van der Waals surface area contributed by atoms with Gasteiger partial charge in [0.1, 0.15) is 0 Å². The van der Waals surface area contributed by atoms with Crippen LogP contribution in [0.4, 0.5) is 0 Å². The first-order valence-corrected chi connectivity index (χ1v) is 10.5. The van der Waals surface area contributed by atoms with Gasteiger partial charge in [-0.3, -0.25) is 4.79 Å². The number of piperidine rings is 1. The van der Waals surface area contributed by atoms with Crippen LogP contribution < -0.4 is 0 Å². The van der Waals surface area contributed by atoms with Crippen molar-refractivity contribution >= 4 is 37.5 Å². The van der Waals surface area contributed by atoms with E-state index in [2.05, 4.69) is 25.8 Å². The molecular formula is C17H22N2O4S2. The van der Waals surface area contributed by atoms with Crippen molar-refractivity contribution in [3.05, 3.63) is 23.2 Å². The van der Waals surface area contributed by atoms with Crippen LogP contribution in [0.15, 0.2) is 23.1 Å². The summed E-state index contributed by atoms with van der Waals surface area (Å²) in [5.74, 6) is -1.30. The van der Waals surface area contributed by atoms with Crippen LogP contribution in [0.25, 0.3) is 10.2 Å². The molecule has 0 atom stereocenters. The van der Waals surface area contributed by atoms with E-state index < -0.39 is 21.9 Å². The van der Waals surface area contributed by atoms with Crippen LogP contribution in [-0.4, -0.2) is 41.9 Å². The second-order valence-corrected chi connectivity index (χ2v) is 10.4. The second kappa shape index (κ2) is 6.34. The molecule has 2 heterocycles. The van der Waals surface area contributed by atoms with Crippen LogP contribution in [0, 0.1) is 5.92 Å². The van der Waals surface area contributed by atoms with E-state index in [1.807, 2.05) is 0 Å². The Balaban J connectivity index is 1.89. The molecule has 1 aliphatic rings. The maximum atomic E-state index is 12.9. The zero-order valence-electron chi connectivity index (χ0n) is 14.5. The molecule has 3 rings (SSSR count). The molecule has 136 valence electrons. The lowest BCUT2D eigenvalue weighted by Gasteiger charge is -2.29. The molecule has 0 radical (unpaired) electrons. The first-order valence-electron chi connectivity index (χ1n) is 8.23. The highest BCUT2D eigenvalue weighted by atomic mass is 32.2. The van der Waals surface area contributed by atoms with Crippen molar-refractivity contribution in [2.45, 2.75) is 43.9 Å². The number of aliphatic carboxylic acids is 1. The summed E-state index contributed by atoms with van der Waals surface area (Å²) in [6.07, 6.45) is 0.705. The van der Waals surface area contributed by atoms with E-state index in [9.17, 15) is 13.2 Å². The number of aromatic nitrogens is 1. The Morgan fingerprint density at radius 2 is 1.92 bits per heavy atom. The summed E-state index contributed by atoms with van der Waals surface area (Å²) in [5, 5.41) is 10.0. The van der Waals surface area contributed by atoms with Crippen LogP contribution in [0.3, 0.4) is 0 Å². The lowest BCUT2D eigenvalue weighted by atomic mass is 9.98. The number of benzene rings is 1. The highest BCUT2D eigenvalue weighted by Gasteiger charge is 2.32. The standard InChI is InChI=1S/C17H22N2O4S2/c1-17(2,3)16-18-13-5-4-12(10-14(13)24-16)25(22,23)19-8-6-11(7-9-19)15(20)21/h4-5,10-11H,6-9H2,1-3H3,(H,20,21). The fraction of sp³-hybridized carbons (Fsp3) is 0.529. The Bertz CT molecular complexity index is 904. The van der Waals surface area contributed by atoms with E-state index in [0.717, 1.165) is 15.2 Å².